The lowest BCUT2D eigenvalue weighted by Gasteiger charge is -2.04. The standard InChI is InChI=1S/C7H9O/c1-6-3-2-4-7(8)5-6/h3,5H,2,4H2,1H3. The lowest BCUT2D eigenvalue weighted by Crippen LogP contribution is -2.00. The molecule has 0 N–H and O–H groups in total. The Hall–Kier alpha value is -0.590. The molecule has 1 radical (unpaired) electrons. The summed E-state index contributed by atoms with van der Waals surface area (Å²) in [4.78, 5) is 10.6. The zero-order valence-electron chi connectivity index (χ0n) is 4.98. The molecule has 43 valence electrons. The number of rotatable bonds is 0. The van der Waals surface area contributed by atoms with Crippen molar-refractivity contribution in [1.29, 1.82) is 0 Å². The lowest BCUT2D eigenvalue weighted by atomic mass is 10.0. The molecule has 1 rings (SSSR count). The summed E-state index contributed by atoms with van der Waals surface area (Å²) in [7, 11) is 0. The van der Waals surface area contributed by atoms with Gasteiger partial charge in [-0.15, -0.1) is 0 Å². The van der Waals surface area contributed by atoms with Crippen molar-refractivity contribution < 1.29 is 4.79 Å². The normalized spacial score (nSPS) is 20.6. The Bertz CT molecular complexity index is 133. The average Bonchev–Trinajstić information content (AvgIpc) is 1.64. The number of hydrogen-bond donors (Lipinski definition) is 0. The van der Waals surface area contributed by atoms with E-state index in [1.165, 1.54) is 0 Å². The van der Waals surface area contributed by atoms with E-state index in [9.17, 15) is 4.79 Å². The first-order valence-electron chi connectivity index (χ1n) is 2.83. The second kappa shape index (κ2) is 2.12. The van der Waals surface area contributed by atoms with E-state index in [0.29, 0.717) is 6.42 Å². The van der Waals surface area contributed by atoms with Gasteiger partial charge in [-0.05, 0) is 25.8 Å². The first-order valence-corrected chi connectivity index (χ1v) is 2.83. The molecule has 0 bridgehead atoms. The number of hydrogen-bond acceptors (Lipinski definition) is 1. The molecule has 0 amide bonds. The smallest absolute Gasteiger partial charge is 0.155 e. The van der Waals surface area contributed by atoms with E-state index in [-0.39, 0.29) is 5.78 Å². The predicted molar refractivity (Wildman–Crippen MR) is 32.3 cm³/mol. The van der Waals surface area contributed by atoms with Crippen LogP contribution in [0.5, 0.6) is 0 Å². The lowest BCUT2D eigenvalue weighted by molar-refractivity contribution is -0.114. The third-order valence-corrected chi connectivity index (χ3v) is 1.25. The van der Waals surface area contributed by atoms with Gasteiger partial charge in [0.15, 0.2) is 5.78 Å². The van der Waals surface area contributed by atoms with Crippen molar-refractivity contribution >= 4 is 5.78 Å². The van der Waals surface area contributed by atoms with Gasteiger partial charge in [0.05, 0.1) is 0 Å². The Morgan fingerprint density at radius 1 is 1.62 bits per heavy atom. The summed E-state index contributed by atoms with van der Waals surface area (Å²) in [5, 5.41) is 0. The maximum Gasteiger partial charge on any atom is 0.155 e. The summed E-state index contributed by atoms with van der Waals surface area (Å²) in [6.07, 6.45) is 5.42. The molecule has 1 aliphatic rings. The first kappa shape index (κ1) is 5.54. The van der Waals surface area contributed by atoms with E-state index in [0.717, 1.165) is 12.0 Å². The minimum atomic E-state index is 0.269. The van der Waals surface area contributed by atoms with Gasteiger partial charge in [0.25, 0.3) is 0 Å². The maximum absolute atomic E-state index is 10.6. The largest absolute Gasteiger partial charge is 0.295 e. The van der Waals surface area contributed by atoms with Crippen molar-refractivity contribution in [2.45, 2.75) is 19.8 Å². The summed E-state index contributed by atoms with van der Waals surface area (Å²) in [6.45, 7) is 1.96. The second-order valence-electron chi connectivity index (χ2n) is 2.10. The topological polar surface area (TPSA) is 17.1 Å². The zero-order valence-corrected chi connectivity index (χ0v) is 4.98. The van der Waals surface area contributed by atoms with Gasteiger partial charge < -0.3 is 0 Å². The monoisotopic (exact) mass is 109 g/mol. The van der Waals surface area contributed by atoms with Crippen LogP contribution in [0.3, 0.4) is 0 Å². The van der Waals surface area contributed by atoms with E-state index in [4.69, 9.17) is 0 Å². The summed E-state index contributed by atoms with van der Waals surface area (Å²) in [5.41, 5.74) is 1.11. The number of carbonyl (C=O) groups is 1. The highest BCUT2D eigenvalue weighted by Gasteiger charge is 2.04. The Kier molecular flexibility index (Phi) is 1.47. The van der Waals surface area contributed by atoms with Crippen LogP contribution in [0.2, 0.25) is 0 Å². The van der Waals surface area contributed by atoms with Gasteiger partial charge in [0.1, 0.15) is 0 Å². The average molecular weight is 109 g/mol. The van der Waals surface area contributed by atoms with Crippen molar-refractivity contribution in [2.75, 3.05) is 0 Å². The molecule has 0 unspecified atom stereocenters. The highest BCUT2D eigenvalue weighted by atomic mass is 16.1. The summed E-state index contributed by atoms with van der Waals surface area (Å²) in [6, 6.07) is 0. The number of ketones is 1. The molecular weight excluding hydrogens is 100 g/mol. The first-order chi connectivity index (χ1) is 3.79. The molecule has 0 saturated carbocycles. The summed E-state index contributed by atoms with van der Waals surface area (Å²) >= 11 is 0. The van der Waals surface area contributed by atoms with Crippen LogP contribution in [0.1, 0.15) is 19.8 Å². The van der Waals surface area contributed by atoms with Crippen LogP contribution in [0.4, 0.5) is 0 Å². The van der Waals surface area contributed by atoms with Crippen LogP contribution < -0.4 is 0 Å². The van der Waals surface area contributed by atoms with E-state index < -0.39 is 0 Å². The van der Waals surface area contributed by atoms with E-state index in [1.807, 2.05) is 6.92 Å². The summed E-state index contributed by atoms with van der Waals surface area (Å²) < 4.78 is 0. The minimum Gasteiger partial charge on any atom is -0.295 e. The molecule has 0 atom stereocenters. The Balaban J connectivity index is 2.64. The van der Waals surface area contributed by atoms with Crippen LogP contribution in [0.15, 0.2) is 11.6 Å². The molecule has 0 aromatic rings. The third kappa shape index (κ3) is 1.19. The van der Waals surface area contributed by atoms with Crippen molar-refractivity contribution in [3.8, 4) is 0 Å². The molecule has 1 heteroatoms. The van der Waals surface area contributed by atoms with Crippen molar-refractivity contribution in [3.63, 3.8) is 0 Å². The van der Waals surface area contributed by atoms with Crippen LogP contribution in [-0.4, -0.2) is 5.78 Å². The van der Waals surface area contributed by atoms with Gasteiger partial charge in [-0.1, -0.05) is 5.57 Å². The van der Waals surface area contributed by atoms with E-state index >= 15 is 0 Å². The second-order valence-corrected chi connectivity index (χ2v) is 2.10. The van der Waals surface area contributed by atoms with Gasteiger partial charge in [-0.25, -0.2) is 0 Å². The fourth-order valence-corrected chi connectivity index (χ4v) is 0.827. The quantitative estimate of drug-likeness (QED) is 0.460. The highest BCUT2D eigenvalue weighted by molar-refractivity contribution is 5.91. The highest BCUT2D eigenvalue weighted by Crippen LogP contribution is 2.11. The van der Waals surface area contributed by atoms with Gasteiger partial charge in [-0.3, -0.25) is 4.79 Å². The van der Waals surface area contributed by atoms with E-state index in [2.05, 4.69) is 6.42 Å². The molecular formula is C7H9O. The van der Waals surface area contributed by atoms with Gasteiger partial charge in [-0.2, -0.15) is 0 Å². The maximum atomic E-state index is 10.6. The Labute approximate surface area is 49.4 Å². The number of carbonyl (C=O) groups excluding carboxylic acids is 1. The molecule has 1 nitrogen and oxygen atoms in total. The molecule has 0 fully saturated rings. The molecule has 8 heavy (non-hydrogen) atoms. The zero-order chi connectivity index (χ0) is 5.98. The number of allylic oxidation sites excluding steroid dienone is 2. The molecule has 0 saturated heterocycles. The third-order valence-electron chi connectivity index (χ3n) is 1.25. The Morgan fingerprint density at radius 2 is 2.38 bits per heavy atom. The molecule has 0 spiro atoms. The Morgan fingerprint density at radius 3 is 2.75 bits per heavy atom. The van der Waals surface area contributed by atoms with Crippen LogP contribution in [-0.2, 0) is 4.79 Å². The molecule has 0 aromatic carbocycles. The predicted octanol–water partition coefficient (Wildman–Crippen LogP) is 1.50. The van der Waals surface area contributed by atoms with Crippen molar-refractivity contribution in [1.82, 2.24) is 0 Å². The van der Waals surface area contributed by atoms with Crippen LogP contribution >= 0.6 is 0 Å². The van der Waals surface area contributed by atoms with Gasteiger partial charge >= 0.3 is 0 Å². The van der Waals surface area contributed by atoms with Gasteiger partial charge in [0.2, 0.25) is 0 Å². The molecule has 0 heterocycles. The van der Waals surface area contributed by atoms with Crippen LogP contribution in [0, 0.1) is 6.42 Å². The molecule has 0 aliphatic heterocycles. The van der Waals surface area contributed by atoms with E-state index in [1.54, 1.807) is 6.08 Å². The molecule has 1 aliphatic carbocycles. The fraction of sp³-hybridized carbons (Fsp3) is 0.429. The van der Waals surface area contributed by atoms with Crippen LogP contribution in [0.25, 0.3) is 0 Å². The fourth-order valence-electron chi connectivity index (χ4n) is 0.827. The minimum absolute atomic E-state index is 0.269. The van der Waals surface area contributed by atoms with Gasteiger partial charge in [0, 0.05) is 6.42 Å². The van der Waals surface area contributed by atoms with Crippen molar-refractivity contribution in [2.24, 2.45) is 0 Å². The SMILES string of the molecule is CC1=CC(=O)CC[CH]1. The summed E-state index contributed by atoms with van der Waals surface area (Å²) in [5.74, 6) is 0.269. The van der Waals surface area contributed by atoms with Crippen molar-refractivity contribution in [3.05, 3.63) is 18.1 Å². The molecule has 0 aromatic heterocycles.